The predicted molar refractivity (Wildman–Crippen MR) is 96.8 cm³/mol. The summed E-state index contributed by atoms with van der Waals surface area (Å²) in [5.74, 6) is 1.73. The molecular weight excluding hydrogens is 308 g/mol. The normalized spacial score (nSPS) is 18.1. The fourth-order valence-corrected chi connectivity index (χ4v) is 3.65. The maximum atomic E-state index is 4.66. The number of piperidine rings is 1. The molecule has 1 unspecified atom stereocenters. The lowest BCUT2D eigenvalue weighted by molar-refractivity contribution is 0.483. The Kier molecular flexibility index (Phi) is 4.66. The predicted octanol–water partition coefficient (Wildman–Crippen LogP) is 2.41. The van der Waals surface area contributed by atoms with Crippen LogP contribution in [0.25, 0.3) is 0 Å². The average molecular weight is 332 g/mol. The van der Waals surface area contributed by atoms with Crippen molar-refractivity contribution in [3.05, 3.63) is 23.3 Å². The fourth-order valence-electron chi connectivity index (χ4n) is 2.86. The number of aryl methyl sites for hydroxylation is 1. The first-order chi connectivity index (χ1) is 11.0. The molecule has 0 bridgehead atoms. The number of hydrogen-bond acceptors (Lipinski definition) is 7. The summed E-state index contributed by atoms with van der Waals surface area (Å²) in [4.78, 5) is 21.5. The molecule has 6 nitrogen and oxygen atoms in total. The van der Waals surface area contributed by atoms with Crippen LogP contribution in [0.1, 0.15) is 17.7 Å². The zero-order valence-electron chi connectivity index (χ0n) is 14.2. The van der Waals surface area contributed by atoms with Gasteiger partial charge in [-0.1, -0.05) is 0 Å². The van der Waals surface area contributed by atoms with Crippen LogP contribution in [0.15, 0.2) is 18.5 Å². The van der Waals surface area contributed by atoms with Crippen LogP contribution in [0, 0.1) is 6.92 Å². The first-order valence-electron chi connectivity index (χ1n) is 7.95. The maximum absolute atomic E-state index is 4.66. The standard InChI is InChI=1S/C16H24N6S/c1-12-10-18-16(23-12)22-9-5-6-13(11-22)21(4)15-17-8-7-14(19-15)20(2)3/h7-8,10,13H,5-6,9,11H2,1-4H3. The highest BCUT2D eigenvalue weighted by Crippen LogP contribution is 2.27. The molecule has 7 heteroatoms. The van der Waals surface area contributed by atoms with Crippen molar-refractivity contribution in [1.29, 1.82) is 0 Å². The van der Waals surface area contributed by atoms with E-state index in [0.717, 1.165) is 36.4 Å². The van der Waals surface area contributed by atoms with Crippen molar-refractivity contribution >= 4 is 28.2 Å². The lowest BCUT2D eigenvalue weighted by atomic mass is 10.1. The Bertz CT molecular complexity index is 656. The molecule has 0 aliphatic carbocycles. The van der Waals surface area contributed by atoms with Gasteiger partial charge in [0.05, 0.1) is 0 Å². The summed E-state index contributed by atoms with van der Waals surface area (Å²) in [7, 11) is 6.09. The molecule has 0 spiro atoms. The van der Waals surface area contributed by atoms with Gasteiger partial charge < -0.3 is 14.7 Å². The number of likely N-dealkylation sites (N-methyl/N-ethyl adjacent to an activating group) is 1. The maximum Gasteiger partial charge on any atom is 0.227 e. The number of anilines is 3. The summed E-state index contributed by atoms with van der Waals surface area (Å²) < 4.78 is 0. The van der Waals surface area contributed by atoms with E-state index >= 15 is 0 Å². The SMILES string of the molecule is Cc1cnc(N2CCCC(N(C)c3nccc(N(C)C)n3)C2)s1. The minimum atomic E-state index is 0.408. The quantitative estimate of drug-likeness (QED) is 0.857. The summed E-state index contributed by atoms with van der Waals surface area (Å²) in [5.41, 5.74) is 0. The topological polar surface area (TPSA) is 48.4 Å². The number of hydrogen-bond donors (Lipinski definition) is 0. The van der Waals surface area contributed by atoms with Crippen molar-refractivity contribution in [2.24, 2.45) is 0 Å². The summed E-state index contributed by atoms with van der Waals surface area (Å²) >= 11 is 1.77. The van der Waals surface area contributed by atoms with Gasteiger partial charge in [0.2, 0.25) is 5.95 Å². The third kappa shape index (κ3) is 3.55. The number of nitrogens with zero attached hydrogens (tertiary/aromatic N) is 6. The second-order valence-corrected chi connectivity index (χ2v) is 7.43. The molecule has 3 rings (SSSR count). The van der Waals surface area contributed by atoms with Crippen LogP contribution in [0.5, 0.6) is 0 Å². The van der Waals surface area contributed by atoms with Gasteiger partial charge in [0, 0.05) is 57.5 Å². The molecule has 0 N–H and O–H groups in total. The van der Waals surface area contributed by atoms with Crippen molar-refractivity contribution in [2.75, 3.05) is 48.9 Å². The van der Waals surface area contributed by atoms with Crippen LogP contribution < -0.4 is 14.7 Å². The smallest absolute Gasteiger partial charge is 0.227 e. The molecule has 124 valence electrons. The molecular formula is C16H24N6S. The first kappa shape index (κ1) is 16.0. The van der Waals surface area contributed by atoms with Crippen molar-refractivity contribution in [3.63, 3.8) is 0 Å². The highest BCUT2D eigenvalue weighted by Gasteiger charge is 2.26. The summed E-state index contributed by atoms with van der Waals surface area (Å²) in [6.07, 6.45) is 6.11. The highest BCUT2D eigenvalue weighted by atomic mass is 32.1. The van der Waals surface area contributed by atoms with E-state index in [-0.39, 0.29) is 0 Å². The third-order valence-electron chi connectivity index (χ3n) is 4.23. The lowest BCUT2D eigenvalue weighted by Gasteiger charge is -2.37. The van der Waals surface area contributed by atoms with E-state index in [0.29, 0.717) is 6.04 Å². The molecule has 23 heavy (non-hydrogen) atoms. The Morgan fingerprint density at radius 3 is 2.78 bits per heavy atom. The van der Waals surface area contributed by atoms with Crippen LogP contribution in [0.3, 0.4) is 0 Å². The zero-order chi connectivity index (χ0) is 16.4. The molecule has 0 saturated carbocycles. The molecule has 0 aromatic carbocycles. The van der Waals surface area contributed by atoms with E-state index in [1.807, 2.05) is 37.5 Å². The molecule has 0 amide bonds. The Morgan fingerprint density at radius 1 is 1.26 bits per heavy atom. The van der Waals surface area contributed by atoms with Gasteiger partial charge in [0.15, 0.2) is 5.13 Å². The molecule has 3 heterocycles. The lowest BCUT2D eigenvalue weighted by Crippen LogP contribution is -2.47. The zero-order valence-corrected chi connectivity index (χ0v) is 15.0. The number of thiazole rings is 1. The van der Waals surface area contributed by atoms with E-state index < -0.39 is 0 Å². The van der Waals surface area contributed by atoms with Crippen molar-refractivity contribution in [3.8, 4) is 0 Å². The molecule has 1 atom stereocenters. The third-order valence-corrected chi connectivity index (χ3v) is 5.20. The van der Waals surface area contributed by atoms with Gasteiger partial charge in [0.1, 0.15) is 5.82 Å². The van der Waals surface area contributed by atoms with Gasteiger partial charge in [-0.15, -0.1) is 11.3 Å². The Labute approximate surface area is 141 Å². The molecule has 1 aliphatic rings. The van der Waals surface area contributed by atoms with E-state index in [2.05, 4.69) is 38.7 Å². The first-order valence-corrected chi connectivity index (χ1v) is 8.77. The van der Waals surface area contributed by atoms with Crippen LogP contribution in [0.4, 0.5) is 16.9 Å². The van der Waals surface area contributed by atoms with Crippen LogP contribution in [-0.4, -0.2) is 55.2 Å². The summed E-state index contributed by atoms with van der Waals surface area (Å²) in [6.45, 7) is 4.16. The molecule has 2 aromatic heterocycles. The van der Waals surface area contributed by atoms with E-state index in [4.69, 9.17) is 0 Å². The van der Waals surface area contributed by atoms with E-state index in [9.17, 15) is 0 Å². The highest BCUT2D eigenvalue weighted by molar-refractivity contribution is 7.15. The summed E-state index contributed by atoms with van der Waals surface area (Å²) in [5, 5.41) is 1.13. The van der Waals surface area contributed by atoms with Gasteiger partial charge in [-0.05, 0) is 25.8 Å². The van der Waals surface area contributed by atoms with Gasteiger partial charge >= 0.3 is 0 Å². The van der Waals surface area contributed by atoms with E-state index in [1.54, 1.807) is 11.3 Å². The van der Waals surface area contributed by atoms with Crippen LogP contribution in [0.2, 0.25) is 0 Å². The van der Waals surface area contributed by atoms with Crippen LogP contribution in [-0.2, 0) is 0 Å². The minimum Gasteiger partial charge on any atom is -0.363 e. The average Bonchev–Trinajstić information content (AvgIpc) is 3.01. The molecule has 0 radical (unpaired) electrons. The molecule has 1 fully saturated rings. The summed E-state index contributed by atoms with van der Waals surface area (Å²) in [6, 6.07) is 2.34. The van der Waals surface area contributed by atoms with Gasteiger partial charge in [-0.3, -0.25) is 0 Å². The Hall–Kier alpha value is -1.89. The van der Waals surface area contributed by atoms with Crippen LogP contribution >= 0.6 is 11.3 Å². The monoisotopic (exact) mass is 332 g/mol. The minimum absolute atomic E-state index is 0.408. The molecule has 1 saturated heterocycles. The van der Waals surface area contributed by atoms with Crippen molar-refractivity contribution < 1.29 is 0 Å². The van der Waals surface area contributed by atoms with Crippen molar-refractivity contribution in [2.45, 2.75) is 25.8 Å². The van der Waals surface area contributed by atoms with Gasteiger partial charge in [0.25, 0.3) is 0 Å². The number of rotatable bonds is 4. The van der Waals surface area contributed by atoms with Gasteiger partial charge in [-0.25, -0.2) is 9.97 Å². The largest absolute Gasteiger partial charge is 0.363 e. The van der Waals surface area contributed by atoms with Crippen molar-refractivity contribution in [1.82, 2.24) is 15.0 Å². The molecule has 1 aliphatic heterocycles. The fraction of sp³-hybridized carbons (Fsp3) is 0.562. The Balaban J connectivity index is 1.74. The molecule has 2 aromatic rings. The van der Waals surface area contributed by atoms with Gasteiger partial charge in [-0.2, -0.15) is 4.98 Å². The second-order valence-electron chi connectivity index (χ2n) is 6.22. The second kappa shape index (κ2) is 6.70. The Morgan fingerprint density at radius 2 is 2.09 bits per heavy atom. The van der Waals surface area contributed by atoms with E-state index in [1.165, 1.54) is 11.3 Å². The number of aromatic nitrogens is 3.